The Morgan fingerprint density at radius 1 is 0.418 bits per heavy atom. The number of anilines is 3. The Balaban J connectivity index is 0.000000230. The van der Waals surface area contributed by atoms with Crippen molar-refractivity contribution in [3.63, 3.8) is 0 Å². The first kappa shape index (κ1) is 76.5. The molecule has 91 heavy (non-hydrogen) atoms. The molecule has 0 fully saturated rings. The highest BCUT2D eigenvalue weighted by Crippen LogP contribution is 2.39. The number of pyridine rings is 3. The van der Waals surface area contributed by atoms with Crippen LogP contribution in [0.15, 0.2) is 54.6 Å². The molecule has 3 aliphatic rings. The van der Waals surface area contributed by atoms with Gasteiger partial charge in [-0.05, 0) is 267 Å². The van der Waals surface area contributed by atoms with E-state index in [0.29, 0.717) is 18.1 Å². The lowest BCUT2D eigenvalue weighted by Gasteiger charge is -2.25. The summed E-state index contributed by atoms with van der Waals surface area (Å²) in [5.74, 6) is 2.70. The molecule has 0 bridgehead atoms. The second-order valence-corrected chi connectivity index (χ2v) is 26.2. The highest BCUT2D eigenvalue weighted by molar-refractivity contribution is 7.45. The Morgan fingerprint density at radius 3 is 0.868 bits per heavy atom. The number of hydrogen-bond donors (Lipinski definition) is 9. The molecular weight excluding hydrogens is 1190 g/mol. The van der Waals surface area contributed by atoms with Crippen molar-refractivity contribution in [3.05, 3.63) is 88.4 Å². The fourth-order valence-corrected chi connectivity index (χ4v) is 12.5. The van der Waals surface area contributed by atoms with Crippen LogP contribution >= 0.6 is 15.6 Å². The van der Waals surface area contributed by atoms with Gasteiger partial charge >= 0.3 is 15.6 Å². The molecule has 20 nitrogen and oxygen atoms in total. The molecule has 0 saturated heterocycles. The summed E-state index contributed by atoms with van der Waals surface area (Å²) in [6, 6.07) is 20.1. The van der Waals surface area contributed by atoms with Gasteiger partial charge in [-0.3, -0.25) is 15.0 Å². The minimum Gasteiger partial charge on any atom is -0.497 e. The largest absolute Gasteiger partial charge is 0.497 e. The summed E-state index contributed by atoms with van der Waals surface area (Å²) in [6.45, 7) is 30.8. The first-order chi connectivity index (χ1) is 43.5. The Labute approximate surface area is 543 Å². The number of ether oxygens (including phenoxy) is 3. The summed E-state index contributed by atoms with van der Waals surface area (Å²) in [4.78, 5) is 65.5. The Bertz CT molecular complexity index is 2920. The third kappa shape index (κ3) is 25.6. The molecule has 0 radical (unpaired) electrons. The number of aromatic nitrogens is 3. The Hall–Kier alpha value is -5.21. The standard InChI is InChI=1S/3C23H35N3O.2H3O4P/c3*1-5-26(6-2)15-9-10-17(3)24-23-19-11-7-8-12-21(19)25-22-14-13-18(27-4)16-20(22)23;2*1-5(2,3)4/h3*13-14,16-17H,5-12,15H2,1-4H3,(H,24,25);2*(H3,1,2,3,4). The summed E-state index contributed by atoms with van der Waals surface area (Å²) in [5.41, 5.74) is 15.3. The number of nitrogens with zero attached hydrogens (tertiary/aromatic N) is 6. The predicted octanol–water partition coefficient (Wildman–Crippen LogP) is 13.3. The van der Waals surface area contributed by atoms with E-state index in [0.717, 1.165) is 112 Å². The molecule has 3 unspecified atom stereocenters. The average Bonchev–Trinajstić information content (AvgIpc) is 0.836. The molecule has 3 atom stereocenters. The van der Waals surface area contributed by atoms with Gasteiger partial charge in [-0.15, -0.1) is 0 Å². The van der Waals surface area contributed by atoms with Crippen LogP contribution in [0.4, 0.5) is 17.1 Å². The van der Waals surface area contributed by atoms with Crippen molar-refractivity contribution in [1.82, 2.24) is 29.7 Å². The normalized spacial score (nSPS) is 14.6. The van der Waals surface area contributed by atoms with Crippen molar-refractivity contribution in [3.8, 4) is 17.2 Å². The van der Waals surface area contributed by atoms with Crippen LogP contribution in [-0.2, 0) is 47.7 Å². The van der Waals surface area contributed by atoms with Crippen LogP contribution in [0.1, 0.15) is 173 Å². The lowest BCUT2D eigenvalue weighted by atomic mass is 9.92. The van der Waals surface area contributed by atoms with E-state index in [-0.39, 0.29) is 0 Å². The van der Waals surface area contributed by atoms with Crippen LogP contribution in [0, 0.1) is 0 Å². The number of methoxy groups -OCH3 is 3. The number of rotatable bonds is 27. The zero-order chi connectivity index (χ0) is 66.7. The zero-order valence-electron chi connectivity index (χ0n) is 56.8. The number of fused-ring (bicyclic) bond motifs is 6. The smallest absolute Gasteiger partial charge is 0.466 e. The summed E-state index contributed by atoms with van der Waals surface area (Å²) in [7, 11) is -4.08. The number of benzene rings is 3. The third-order valence-corrected chi connectivity index (χ3v) is 17.6. The van der Waals surface area contributed by atoms with E-state index >= 15 is 0 Å². The van der Waals surface area contributed by atoms with Gasteiger partial charge in [-0.2, -0.15) is 0 Å². The van der Waals surface area contributed by atoms with Crippen LogP contribution in [0.25, 0.3) is 32.7 Å². The second-order valence-electron chi connectivity index (χ2n) is 24.2. The number of nitrogens with one attached hydrogen (secondary N) is 3. The van der Waals surface area contributed by atoms with Crippen LogP contribution in [0.5, 0.6) is 17.2 Å². The quantitative estimate of drug-likeness (QED) is 0.0217. The molecule has 3 aliphatic carbocycles. The average molecular weight is 1300 g/mol. The highest BCUT2D eigenvalue weighted by Gasteiger charge is 2.24. The second kappa shape index (κ2) is 38.8. The van der Waals surface area contributed by atoms with Gasteiger partial charge < -0.3 is 74.2 Å². The van der Waals surface area contributed by atoms with Crippen LogP contribution in [0.2, 0.25) is 0 Å². The van der Waals surface area contributed by atoms with Gasteiger partial charge in [-0.1, -0.05) is 41.5 Å². The third-order valence-electron chi connectivity index (χ3n) is 17.6. The van der Waals surface area contributed by atoms with E-state index in [1.54, 1.807) is 21.3 Å². The molecule has 0 spiro atoms. The molecule has 22 heteroatoms. The fourth-order valence-electron chi connectivity index (χ4n) is 12.5. The predicted molar refractivity (Wildman–Crippen MR) is 374 cm³/mol. The highest BCUT2D eigenvalue weighted by atomic mass is 31.2. The lowest BCUT2D eigenvalue weighted by Crippen LogP contribution is -2.26. The molecule has 0 amide bonds. The van der Waals surface area contributed by atoms with Crippen molar-refractivity contribution < 1.29 is 52.7 Å². The van der Waals surface area contributed by atoms with Crippen molar-refractivity contribution in [2.45, 2.75) is 196 Å². The molecule has 9 N–H and O–H groups in total. The Morgan fingerprint density at radius 2 is 0.648 bits per heavy atom. The molecule has 9 rings (SSSR count). The molecule has 0 saturated carbocycles. The van der Waals surface area contributed by atoms with Gasteiger partial charge in [0.25, 0.3) is 0 Å². The molecule has 3 heterocycles. The van der Waals surface area contributed by atoms with Crippen molar-refractivity contribution in [1.29, 1.82) is 0 Å². The molecular formula is C69H111N9O11P2. The van der Waals surface area contributed by atoms with Gasteiger partial charge in [0.05, 0.1) is 37.9 Å². The lowest BCUT2D eigenvalue weighted by molar-refractivity contribution is 0.272. The summed E-state index contributed by atoms with van der Waals surface area (Å²) >= 11 is 0. The van der Waals surface area contributed by atoms with E-state index in [1.165, 1.54) is 164 Å². The molecule has 508 valence electrons. The zero-order valence-corrected chi connectivity index (χ0v) is 58.6. The Kier molecular flexibility index (Phi) is 32.7. The summed E-state index contributed by atoms with van der Waals surface area (Å²) < 4.78 is 34.2. The molecule has 3 aromatic heterocycles. The van der Waals surface area contributed by atoms with Crippen LogP contribution in [0.3, 0.4) is 0 Å². The van der Waals surface area contributed by atoms with Gasteiger partial charge in [0.1, 0.15) is 17.2 Å². The van der Waals surface area contributed by atoms with E-state index in [4.69, 9.17) is 67.7 Å². The molecule has 6 aromatic rings. The van der Waals surface area contributed by atoms with Crippen LogP contribution < -0.4 is 30.2 Å². The monoisotopic (exact) mass is 1300 g/mol. The molecule has 0 aliphatic heterocycles. The van der Waals surface area contributed by atoms with Gasteiger partial charge in [-0.25, -0.2) is 9.13 Å². The van der Waals surface area contributed by atoms with Crippen LogP contribution in [-0.4, -0.2) is 157 Å². The van der Waals surface area contributed by atoms with Gasteiger partial charge in [0.2, 0.25) is 0 Å². The minimum atomic E-state index is -4.64. The first-order valence-corrected chi connectivity index (χ1v) is 36.6. The number of phosphoric acid groups is 2. The van der Waals surface area contributed by atoms with E-state index in [1.807, 2.05) is 18.2 Å². The topological polar surface area (TPSA) is 268 Å². The maximum atomic E-state index is 8.88. The van der Waals surface area contributed by atoms with Crippen molar-refractivity contribution in [2.24, 2.45) is 0 Å². The summed E-state index contributed by atoms with van der Waals surface area (Å²) in [5, 5.41) is 15.2. The van der Waals surface area contributed by atoms with Gasteiger partial charge in [0.15, 0.2) is 0 Å². The SMILES string of the molecule is CCN(CC)CCCC(C)Nc1c2c(nc3ccc(OC)cc13)CCCC2.CCN(CC)CCCC(C)Nc1c2c(nc3ccc(OC)cc13)CCCC2.CCN(CC)CCCC(C)Nc1c2c(nc3ccc(OC)cc13)CCCC2.O=P(O)(O)O.O=P(O)(O)O. The van der Waals surface area contributed by atoms with Crippen molar-refractivity contribution in [2.75, 3.05) is 96.2 Å². The van der Waals surface area contributed by atoms with Crippen molar-refractivity contribution >= 4 is 65.4 Å². The molecule has 3 aromatic carbocycles. The fraction of sp³-hybridized carbons (Fsp3) is 0.609. The van der Waals surface area contributed by atoms with E-state index in [9.17, 15) is 0 Å². The first-order valence-electron chi connectivity index (χ1n) is 33.5. The number of hydrogen-bond acceptors (Lipinski definition) is 14. The minimum absolute atomic E-state index is 0.448. The maximum absolute atomic E-state index is 8.88. The van der Waals surface area contributed by atoms with E-state index in [2.05, 4.69) is 129 Å². The van der Waals surface area contributed by atoms with E-state index < -0.39 is 15.6 Å². The van der Waals surface area contributed by atoms with Gasteiger partial charge in [0, 0.05) is 68.4 Å². The number of aryl methyl sites for hydroxylation is 3. The maximum Gasteiger partial charge on any atom is 0.466 e. The summed E-state index contributed by atoms with van der Waals surface area (Å²) in [6.07, 6.45) is 21.4.